The molecule has 0 aliphatic heterocycles. The molecule has 35 heavy (non-hydrogen) atoms. The molecule has 9 heteroatoms. The van der Waals surface area contributed by atoms with Gasteiger partial charge in [-0.25, -0.2) is 4.79 Å². The van der Waals surface area contributed by atoms with Gasteiger partial charge < -0.3 is 20.3 Å². The second-order valence-electron chi connectivity index (χ2n) is 9.68. The van der Waals surface area contributed by atoms with Crippen LogP contribution in [0.5, 0.6) is 5.75 Å². The van der Waals surface area contributed by atoms with Crippen LogP contribution in [0.4, 0.5) is 0 Å². The van der Waals surface area contributed by atoms with Crippen LogP contribution in [0, 0.1) is 16.7 Å². The number of hydrogen-bond acceptors (Lipinski definition) is 4. The topological polar surface area (TPSA) is 113 Å². The van der Waals surface area contributed by atoms with Crippen molar-refractivity contribution >= 4 is 41.0 Å². The van der Waals surface area contributed by atoms with E-state index < -0.39 is 40.6 Å². The number of rotatable bonds is 9. The van der Waals surface area contributed by atoms with E-state index in [2.05, 4.69) is 5.32 Å². The number of benzene rings is 2. The van der Waals surface area contributed by atoms with Gasteiger partial charge in [0.15, 0.2) is 0 Å². The summed E-state index contributed by atoms with van der Waals surface area (Å²) in [5.41, 5.74) is -0.459. The van der Waals surface area contributed by atoms with E-state index >= 15 is 0 Å². The van der Waals surface area contributed by atoms with Gasteiger partial charge in [0.1, 0.15) is 18.4 Å². The molecule has 0 aromatic heterocycles. The maximum atomic E-state index is 13.2. The fourth-order valence-electron chi connectivity index (χ4n) is 4.64. The molecule has 1 aliphatic carbocycles. The highest BCUT2D eigenvalue weighted by atomic mass is 35.5. The smallest absolute Gasteiger partial charge is 0.326 e. The van der Waals surface area contributed by atoms with Crippen LogP contribution in [0.3, 0.4) is 0 Å². The average Bonchev–Trinajstić information content (AvgIpc) is 3.03. The van der Waals surface area contributed by atoms with Gasteiger partial charge in [-0.3, -0.25) is 9.59 Å². The fourth-order valence-corrected chi connectivity index (χ4v) is 5.15. The van der Waals surface area contributed by atoms with Crippen molar-refractivity contribution < 1.29 is 29.3 Å². The van der Waals surface area contributed by atoms with E-state index in [4.69, 9.17) is 27.9 Å². The zero-order valence-corrected chi connectivity index (χ0v) is 21.3. The van der Waals surface area contributed by atoms with Crippen molar-refractivity contribution in [1.82, 2.24) is 5.32 Å². The predicted molar refractivity (Wildman–Crippen MR) is 133 cm³/mol. The molecule has 1 fully saturated rings. The Morgan fingerprint density at radius 1 is 1.06 bits per heavy atom. The first-order valence-electron chi connectivity index (χ1n) is 11.3. The molecule has 0 saturated heterocycles. The Morgan fingerprint density at radius 3 is 2.17 bits per heavy atom. The summed E-state index contributed by atoms with van der Waals surface area (Å²) in [7, 11) is 0. The monoisotopic (exact) mass is 521 g/mol. The van der Waals surface area contributed by atoms with Crippen molar-refractivity contribution in [2.75, 3.05) is 0 Å². The van der Waals surface area contributed by atoms with E-state index in [1.54, 1.807) is 63.2 Å². The maximum absolute atomic E-state index is 13.2. The second-order valence-corrected chi connectivity index (χ2v) is 10.5. The van der Waals surface area contributed by atoms with E-state index in [1.807, 2.05) is 0 Å². The van der Waals surface area contributed by atoms with Crippen molar-refractivity contribution in [3.05, 3.63) is 63.6 Å². The fraction of sp³-hybridized carbons (Fsp3) is 0.423. The minimum Gasteiger partial charge on any atom is -0.489 e. The standard InChI is InChI=1S/C26H29Cl2NO6/c1-25(2)18(22(30)31)11-12-26(25,3)24(34)29-21(23(32)33)13-15-7-9-16(10-8-15)35-14-17-19(27)5-4-6-20(17)28/h4-10,18,21H,11-14H2,1-3H3,(H,29,34)(H,30,31)(H,32,33)/t18-,21+,26+/m1/s1. The largest absolute Gasteiger partial charge is 0.489 e. The Hall–Kier alpha value is -2.77. The van der Waals surface area contributed by atoms with Gasteiger partial charge in [-0.15, -0.1) is 0 Å². The van der Waals surface area contributed by atoms with Gasteiger partial charge in [0.25, 0.3) is 0 Å². The Balaban J connectivity index is 1.66. The summed E-state index contributed by atoms with van der Waals surface area (Å²) in [4.78, 5) is 36.7. The lowest BCUT2D eigenvalue weighted by atomic mass is 9.65. The molecular weight excluding hydrogens is 493 g/mol. The maximum Gasteiger partial charge on any atom is 0.326 e. The first-order chi connectivity index (χ1) is 16.4. The van der Waals surface area contributed by atoms with Crippen LogP contribution in [-0.2, 0) is 27.4 Å². The van der Waals surface area contributed by atoms with E-state index in [0.29, 0.717) is 39.8 Å². The molecule has 0 unspecified atom stereocenters. The van der Waals surface area contributed by atoms with Crippen LogP contribution in [0.2, 0.25) is 10.0 Å². The van der Waals surface area contributed by atoms with Crippen molar-refractivity contribution in [3.63, 3.8) is 0 Å². The summed E-state index contributed by atoms with van der Waals surface area (Å²) in [6.07, 6.45) is 0.804. The van der Waals surface area contributed by atoms with Crippen molar-refractivity contribution in [3.8, 4) is 5.75 Å². The van der Waals surface area contributed by atoms with E-state index in [1.165, 1.54) is 0 Å². The van der Waals surface area contributed by atoms with Crippen molar-refractivity contribution in [1.29, 1.82) is 0 Å². The number of nitrogens with one attached hydrogen (secondary N) is 1. The summed E-state index contributed by atoms with van der Waals surface area (Å²) in [5, 5.41) is 22.9. The molecule has 1 amide bonds. The third-order valence-electron chi connectivity index (χ3n) is 7.44. The summed E-state index contributed by atoms with van der Waals surface area (Å²) < 4.78 is 5.76. The molecule has 1 aliphatic rings. The van der Waals surface area contributed by atoms with Crippen molar-refractivity contribution in [2.45, 2.75) is 52.7 Å². The number of carboxylic acid groups (broad SMARTS) is 2. The summed E-state index contributed by atoms with van der Waals surface area (Å²) in [6.45, 7) is 5.39. The quantitative estimate of drug-likeness (QED) is 0.417. The van der Waals surface area contributed by atoms with Crippen LogP contribution in [-0.4, -0.2) is 34.1 Å². The lowest BCUT2D eigenvalue weighted by Crippen LogP contribution is -2.53. The number of carbonyl (C=O) groups excluding carboxylic acids is 1. The number of carbonyl (C=O) groups is 3. The first-order valence-corrected chi connectivity index (χ1v) is 12.0. The molecule has 0 heterocycles. The van der Waals surface area contributed by atoms with Crippen LogP contribution >= 0.6 is 23.2 Å². The minimum atomic E-state index is -1.17. The number of carboxylic acids is 2. The number of amides is 1. The van der Waals surface area contributed by atoms with Gasteiger partial charge >= 0.3 is 11.9 Å². The lowest BCUT2D eigenvalue weighted by Gasteiger charge is -2.39. The molecule has 1 saturated carbocycles. The number of aliphatic carboxylic acids is 2. The Morgan fingerprint density at radius 2 is 1.66 bits per heavy atom. The van der Waals surface area contributed by atoms with Gasteiger partial charge in [0.2, 0.25) is 5.91 Å². The zero-order chi connectivity index (χ0) is 26.0. The molecule has 3 N–H and O–H groups in total. The highest BCUT2D eigenvalue weighted by Gasteiger charge is 2.58. The molecule has 7 nitrogen and oxygen atoms in total. The Kier molecular flexibility index (Phi) is 8.02. The molecule has 188 valence electrons. The first kappa shape index (κ1) is 26.8. The minimum absolute atomic E-state index is 0.0660. The van der Waals surface area contributed by atoms with Gasteiger partial charge in [-0.2, -0.15) is 0 Å². The van der Waals surface area contributed by atoms with E-state index in [9.17, 15) is 24.6 Å². The van der Waals surface area contributed by atoms with E-state index in [0.717, 1.165) is 0 Å². The highest BCUT2D eigenvalue weighted by Crippen LogP contribution is 2.56. The Labute approximate surface area is 214 Å². The summed E-state index contributed by atoms with van der Waals surface area (Å²) in [5.74, 6) is -2.67. The molecule has 3 atom stereocenters. The van der Waals surface area contributed by atoms with Crippen LogP contribution in [0.15, 0.2) is 42.5 Å². The second kappa shape index (κ2) is 10.5. The van der Waals surface area contributed by atoms with Crippen LogP contribution in [0.25, 0.3) is 0 Å². The SMILES string of the molecule is CC1(C)[C@@H](C(=O)O)CC[C@@]1(C)C(=O)N[C@@H](Cc1ccc(OCc2c(Cl)cccc2Cl)cc1)C(=O)O. The van der Waals surface area contributed by atoms with Crippen LogP contribution in [0.1, 0.15) is 44.7 Å². The molecule has 0 bridgehead atoms. The molecule has 0 radical (unpaired) electrons. The third-order valence-corrected chi connectivity index (χ3v) is 8.15. The average molecular weight is 522 g/mol. The number of hydrogen-bond donors (Lipinski definition) is 3. The van der Waals surface area contributed by atoms with Crippen molar-refractivity contribution in [2.24, 2.45) is 16.7 Å². The molecular formula is C26H29Cl2NO6. The summed E-state index contributed by atoms with van der Waals surface area (Å²) >= 11 is 12.3. The molecule has 2 aromatic carbocycles. The number of ether oxygens (including phenoxy) is 1. The summed E-state index contributed by atoms with van der Waals surface area (Å²) in [6, 6.07) is 10.9. The Bertz CT molecular complexity index is 1100. The van der Waals surface area contributed by atoms with Gasteiger partial charge in [0.05, 0.1) is 11.3 Å². The van der Waals surface area contributed by atoms with Crippen LogP contribution < -0.4 is 10.1 Å². The predicted octanol–water partition coefficient (Wildman–Crippen LogP) is 5.21. The van der Waals surface area contributed by atoms with E-state index in [-0.39, 0.29) is 13.0 Å². The highest BCUT2D eigenvalue weighted by molar-refractivity contribution is 6.35. The number of halogens is 2. The lowest BCUT2D eigenvalue weighted by molar-refractivity contribution is -0.151. The molecule has 0 spiro atoms. The van der Waals surface area contributed by atoms with Gasteiger partial charge in [0, 0.05) is 22.0 Å². The van der Waals surface area contributed by atoms with Gasteiger partial charge in [-0.05, 0) is 48.1 Å². The van der Waals surface area contributed by atoms with Gasteiger partial charge in [-0.1, -0.05) is 62.2 Å². The normalized spacial score (nSPS) is 21.8. The molecule has 2 aromatic rings. The molecule has 3 rings (SSSR count). The third kappa shape index (κ3) is 5.57. The zero-order valence-electron chi connectivity index (χ0n) is 19.8.